The highest BCUT2D eigenvalue weighted by Gasteiger charge is 2.12. The monoisotopic (exact) mass is 262 g/mol. The first kappa shape index (κ1) is 10.8. The lowest BCUT2D eigenvalue weighted by atomic mass is 10.2. The second kappa shape index (κ2) is 4.19. The van der Waals surface area contributed by atoms with E-state index in [1.165, 1.54) is 29.5 Å². The van der Waals surface area contributed by atoms with E-state index in [0.717, 1.165) is 4.88 Å². The zero-order chi connectivity index (χ0) is 12.5. The number of thiazole rings is 1. The summed E-state index contributed by atoms with van der Waals surface area (Å²) in [5.41, 5.74) is 7.79. The molecule has 2 N–H and O–H groups in total. The van der Waals surface area contributed by atoms with Crippen LogP contribution in [0.1, 0.15) is 0 Å². The summed E-state index contributed by atoms with van der Waals surface area (Å²) in [5, 5.41) is 7.80. The number of rotatable bonds is 2. The second-order valence-electron chi connectivity index (χ2n) is 3.51. The van der Waals surface area contributed by atoms with Crippen LogP contribution in [0.5, 0.6) is 0 Å². The summed E-state index contributed by atoms with van der Waals surface area (Å²) in [6, 6.07) is 4.26. The molecule has 2 aromatic heterocycles. The van der Waals surface area contributed by atoms with Gasteiger partial charge in [0.05, 0.1) is 17.4 Å². The Hall–Kier alpha value is -2.28. The second-order valence-corrected chi connectivity index (χ2v) is 4.40. The molecule has 0 fully saturated rings. The summed E-state index contributed by atoms with van der Waals surface area (Å²) in [6.07, 6.45) is 1.64. The Kier molecular flexibility index (Phi) is 2.52. The largest absolute Gasteiger partial charge is 0.415 e. The van der Waals surface area contributed by atoms with Crippen molar-refractivity contribution in [3.05, 3.63) is 35.7 Å². The molecule has 90 valence electrons. The molecule has 1 aromatic carbocycles. The summed E-state index contributed by atoms with van der Waals surface area (Å²) in [4.78, 5) is 4.71. The van der Waals surface area contributed by atoms with Gasteiger partial charge in [0, 0.05) is 5.56 Å². The van der Waals surface area contributed by atoms with E-state index in [1.54, 1.807) is 11.7 Å². The van der Waals surface area contributed by atoms with Crippen LogP contribution in [-0.4, -0.2) is 15.2 Å². The number of nitrogens with zero attached hydrogens (tertiary/aromatic N) is 3. The van der Waals surface area contributed by atoms with Gasteiger partial charge in [0.1, 0.15) is 10.7 Å². The maximum Gasteiger partial charge on any atom is 0.259 e. The molecule has 0 saturated carbocycles. The lowest BCUT2D eigenvalue weighted by Gasteiger charge is -1.98. The fraction of sp³-hybridized carbons (Fsp3) is 0. The number of nitrogens with two attached hydrogens (primary N) is 1. The zero-order valence-corrected chi connectivity index (χ0v) is 9.82. The van der Waals surface area contributed by atoms with Gasteiger partial charge >= 0.3 is 0 Å². The Balaban J connectivity index is 2.00. The average Bonchev–Trinajstić information content (AvgIpc) is 3.01. The molecule has 0 spiro atoms. The molecule has 0 saturated heterocycles. The van der Waals surface area contributed by atoms with Crippen LogP contribution in [0.4, 0.5) is 10.1 Å². The highest BCUT2D eigenvalue weighted by atomic mass is 32.1. The van der Waals surface area contributed by atoms with Gasteiger partial charge in [-0.15, -0.1) is 21.5 Å². The average molecular weight is 262 g/mol. The third kappa shape index (κ3) is 1.84. The fourth-order valence-electron chi connectivity index (χ4n) is 1.44. The predicted octanol–water partition coefficient (Wildman–Crippen LogP) is 2.58. The Morgan fingerprint density at radius 2 is 2.06 bits per heavy atom. The van der Waals surface area contributed by atoms with Crippen LogP contribution in [0, 0.1) is 5.82 Å². The highest BCUT2D eigenvalue weighted by molar-refractivity contribution is 7.13. The van der Waals surface area contributed by atoms with Crippen molar-refractivity contribution in [2.24, 2.45) is 0 Å². The third-order valence-electron chi connectivity index (χ3n) is 2.31. The van der Waals surface area contributed by atoms with Crippen molar-refractivity contribution in [3.63, 3.8) is 0 Å². The van der Waals surface area contributed by atoms with Crippen LogP contribution in [-0.2, 0) is 0 Å². The minimum Gasteiger partial charge on any atom is -0.415 e. The van der Waals surface area contributed by atoms with Crippen molar-refractivity contribution in [3.8, 4) is 22.2 Å². The van der Waals surface area contributed by atoms with Gasteiger partial charge in [-0.05, 0) is 18.2 Å². The van der Waals surface area contributed by atoms with E-state index in [0.29, 0.717) is 17.3 Å². The molecule has 0 unspecified atom stereocenters. The molecule has 18 heavy (non-hydrogen) atoms. The molecule has 0 aliphatic carbocycles. The van der Waals surface area contributed by atoms with Crippen LogP contribution < -0.4 is 5.73 Å². The molecule has 0 radical (unpaired) electrons. The molecule has 2 heterocycles. The lowest BCUT2D eigenvalue weighted by molar-refractivity contribution is 0.585. The number of anilines is 1. The van der Waals surface area contributed by atoms with Crippen molar-refractivity contribution in [2.75, 3.05) is 5.73 Å². The molecule has 3 aromatic rings. The molecule has 7 heteroatoms. The molecular formula is C11H7FN4OS. The van der Waals surface area contributed by atoms with Crippen LogP contribution in [0.3, 0.4) is 0 Å². The molecule has 0 bridgehead atoms. The maximum absolute atomic E-state index is 13.0. The van der Waals surface area contributed by atoms with E-state index < -0.39 is 5.82 Å². The number of benzene rings is 1. The maximum atomic E-state index is 13.0. The topological polar surface area (TPSA) is 77.8 Å². The molecule has 3 rings (SSSR count). The van der Waals surface area contributed by atoms with Crippen molar-refractivity contribution in [2.45, 2.75) is 0 Å². The van der Waals surface area contributed by atoms with E-state index in [2.05, 4.69) is 15.2 Å². The first-order chi connectivity index (χ1) is 8.74. The van der Waals surface area contributed by atoms with E-state index in [9.17, 15) is 4.39 Å². The highest BCUT2D eigenvalue weighted by Crippen LogP contribution is 2.27. The summed E-state index contributed by atoms with van der Waals surface area (Å²) in [7, 11) is 0. The van der Waals surface area contributed by atoms with Crippen LogP contribution in [0.2, 0.25) is 0 Å². The van der Waals surface area contributed by atoms with Gasteiger partial charge in [0.2, 0.25) is 5.89 Å². The third-order valence-corrected chi connectivity index (χ3v) is 3.07. The molecule has 0 atom stereocenters. The zero-order valence-electron chi connectivity index (χ0n) is 9.00. The SMILES string of the molecule is Nc1cc(-c2nnc(-c3cncs3)o2)ccc1F. The minimum atomic E-state index is -0.471. The van der Waals surface area contributed by atoms with Crippen molar-refractivity contribution in [1.82, 2.24) is 15.2 Å². The van der Waals surface area contributed by atoms with Gasteiger partial charge in [-0.25, -0.2) is 4.39 Å². The minimum absolute atomic E-state index is 0.0463. The van der Waals surface area contributed by atoms with Gasteiger partial charge < -0.3 is 10.2 Å². The number of halogens is 1. The number of hydrogen-bond donors (Lipinski definition) is 1. The van der Waals surface area contributed by atoms with Crippen LogP contribution in [0.15, 0.2) is 34.3 Å². The standard InChI is InChI=1S/C11H7FN4OS/c12-7-2-1-6(3-8(7)13)10-15-16-11(17-10)9-4-14-5-18-9/h1-5H,13H2. The molecule has 0 aliphatic heterocycles. The summed E-state index contributed by atoms with van der Waals surface area (Å²) < 4.78 is 18.5. The summed E-state index contributed by atoms with van der Waals surface area (Å²) in [6.45, 7) is 0. The first-order valence-electron chi connectivity index (χ1n) is 5.02. The number of hydrogen-bond acceptors (Lipinski definition) is 6. The normalized spacial score (nSPS) is 10.7. The predicted molar refractivity (Wildman–Crippen MR) is 65.2 cm³/mol. The van der Waals surface area contributed by atoms with Crippen LogP contribution in [0.25, 0.3) is 22.2 Å². The Morgan fingerprint density at radius 3 is 2.78 bits per heavy atom. The van der Waals surface area contributed by atoms with E-state index >= 15 is 0 Å². The molecule has 0 aliphatic rings. The quantitative estimate of drug-likeness (QED) is 0.718. The number of nitrogen functional groups attached to an aromatic ring is 1. The summed E-state index contributed by atoms with van der Waals surface area (Å²) in [5.74, 6) is 0.210. The van der Waals surface area contributed by atoms with Gasteiger partial charge in [0.25, 0.3) is 5.89 Å². The fourth-order valence-corrected chi connectivity index (χ4v) is 1.98. The van der Waals surface area contributed by atoms with Crippen molar-refractivity contribution in [1.29, 1.82) is 0 Å². The lowest BCUT2D eigenvalue weighted by Crippen LogP contribution is -1.90. The summed E-state index contributed by atoms with van der Waals surface area (Å²) >= 11 is 1.40. The van der Waals surface area contributed by atoms with E-state index in [-0.39, 0.29) is 5.69 Å². The smallest absolute Gasteiger partial charge is 0.259 e. The van der Waals surface area contributed by atoms with Gasteiger partial charge in [-0.2, -0.15) is 0 Å². The molecule has 5 nitrogen and oxygen atoms in total. The van der Waals surface area contributed by atoms with Crippen molar-refractivity contribution >= 4 is 17.0 Å². The molecular weight excluding hydrogens is 255 g/mol. The van der Waals surface area contributed by atoms with E-state index in [1.807, 2.05) is 0 Å². The van der Waals surface area contributed by atoms with Gasteiger partial charge in [-0.3, -0.25) is 4.98 Å². The number of aromatic nitrogens is 3. The van der Waals surface area contributed by atoms with Gasteiger partial charge in [-0.1, -0.05) is 0 Å². The Bertz CT molecular complexity index is 680. The van der Waals surface area contributed by atoms with E-state index in [4.69, 9.17) is 10.2 Å². The Morgan fingerprint density at radius 1 is 1.22 bits per heavy atom. The van der Waals surface area contributed by atoms with Crippen molar-refractivity contribution < 1.29 is 8.81 Å². The van der Waals surface area contributed by atoms with Crippen LogP contribution >= 0.6 is 11.3 Å². The van der Waals surface area contributed by atoms with Gasteiger partial charge in [0.15, 0.2) is 0 Å². The Labute approximate surface area is 105 Å². The first-order valence-corrected chi connectivity index (χ1v) is 5.90. The molecule has 0 amide bonds.